The van der Waals surface area contributed by atoms with E-state index in [1.54, 1.807) is 31.4 Å². The quantitative estimate of drug-likeness (QED) is 0.657. The second-order valence-corrected chi connectivity index (χ2v) is 4.98. The van der Waals surface area contributed by atoms with Gasteiger partial charge in [-0.05, 0) is 30.2 Å². The van der Waals surface area contributed by atoms with Gasteiger partial charge in [-0.1, -0.05) is 24.3 Å². The highest BCUT2D eigenvalue weighted by molar-refractivity contribution is 5.91. The number of rotatable bonds is 6. The van der Waals surface area contributed by atoms with Crippen molar-refractivity contribution < 1.29 is 19.1 Å². The zero-order valence-electron chi connectivity index (χ0n) is 13.2. The van der Waals surface area contributed by atoms with Crippen molar-refractivity contribution >= 4 is 17.6 Å². The lowest BCUT2D eigenvalue weighted by atomic mass is 10.1. The van der Waals surface area contributed by atoms with E-state index in [-0.39, 0.29) is 5.91 Å². The van der Waals surface area contributed by atoms with E-state index in [2.05, 4.69) is 5.32 Å². The van der Waals surface area contributed by atoms with Crippen molar-refractivity contribution in [2.24, 2.45) is 0 Å². The van der Waals surface area contributed by atoms with Crippen molar-refractivity contribution in [2.75, 3.05) is 12.4 Å². The van der Waals surface area contributed by atoms with E-state index in [1.165, 1.54) is 6.92 Å². The average molecular weight is 313 g/mol. The molecule has 0 fully saturated rings. The van der Waals surface area contributed by atoms with Crippen LogP contribution in [0.2, 0.25) is 0 Å². The molecular weight excluding hydrogens is 294 g/mol. The average Bonchev–Trinajstić information content (AvgIpc) is 2.53. The van der Waals surface area contributed by atoms with E-state index < -0.39 is 5.97 Å². The summed E-state index contributed by atoms with van der Waals surface area (Å²) in [5.74, 6) is 0.665. The molecule has 0 saturated carbocycles. The first-order valence-corrected chi connectivity index (χ1v) is 7.28. The maximum absolute atomic E-state index is 12.1. The number of aryl methyl sites for hydroxylation is 1. The van der Waals surface area contributed by atoms with E-state index in [1.807, 2.05) is 24.3 Å². The van der Waals surface area contributed by atoms with Crippen molar-refractivity contribution in [3.8, 4) is 11.5 Å². The van der Waals surface area contributed by atoms with E-state index in [9.17, 15) is 9.59 Å². The lowest BCUT2D eigenvalue weighted by Gasteiger charge is -2.09. The van der Waals surface area contributed by atoms with Gasteiger partial charge < -0.3 is 14.8 Å². The summed E-state index contributed by atoms with van der Waals surface area (Å²) in [6, 6.07) is 14.3. The Bertz CT molecular complexity index is 697. The molecule has 0 aliphatic carbocycles. The van der Waals surface area contributed by atoms with E-state index >= 15 is 0 Å². The van der Waals surface area contributed by atoms with E-state index in [0.29, 0.717) is 24.3 Å². The number of esters is 1. The summed E-state index contributed by atoms with van der Waals surface area (Å²) in [6.07, 6.45) is 0.914. The molecule has 0 atom stereocenters. The largest absolute Gasteiger partial charge is 0.496 e. The number of amides is 1. The predicted octanol–water partition coefficient (Wildman–Crippen LogP) is 3.19. The standard InChI is InChI=1S/C18H19NO4/c1-13(20)23-16-8-5-7-15(12-16)19-18(21)11-10-14-6-3-4-9-17(14)22-2/h3-9,12H,10-11H2,1-2H3,(H,19,21). The van der Waals surface area contributed by atoms with Gasteiger partial charge in [0, 0.05) is 25.1 Å². The predicted molar refractivity (Wildman–Crippen MR) is 87.7 cm³/mol. The summed E-state index contributed by atoms with van der Waals surface area (Å²) in [6.45, 7) is 1.33. The first-order valence-electron chi connectivity index (χ1n) is 7.28. The summed E-state index contributed by atoms with van der Waals surface area (Å²) >= 11 is 0. The molecule has 1 amide bonds. The molecule has 0 bridgehead atoms. The van der Waals surface area contributed by atoms with E-state index in [0.717, 1.165) is 11.3 Å². The number of anilines is 1. The lowest BCUT2D eigenvalue weighted by molar-refractivity contribution is -0.131. The number of ether oxygens (including phenoxy) is 2. The van der Waals surface area contributed by atoms with Crippen molar-refractivity contribution in [1.29, 1.82) is 0 Å². The van der Waals surface area contributed by atoms with Crippen LogP contribution in [0.3, 0.4) is 0 Å². The van der Waals surface area contributed by atoms with Gasteiger partial charge >= 0.3 is 5.97 Å². The van der Waals surface area contributed by atoms with Crippen LogP contribution in [0.25, 0.3) is 0 Å². The van der Waals surface area contributed by atoms with Crippen LogP contribution in [-0.2, 0) is 16.0 Å². The minimum atomic E-state index is -0.398. The van der Waals surface area contributed by atoms with Crippen LogP contribution in [0, 0.1) is 0 Å². The van der Waals surface area contributed by atoms with Crippen LogP contribution in [0.4, 0.5) is 5.69 Å². The fraction of sp³-hybridized carbons (Fsp3) is 0.222. The minimum Gasteiger partial charge on any atom is -0.496 e. The van der Waals surface area contributed by atoms with Crippen LogP contribution >= 0.6 is 0 Å². The first-order chi connectivity index (χ1) is 11.1. The topological polar surface area (TPSA) is 64.6 Å². The van der Waals surface area contributed by atoms with Gasteiger partial charge in [0.15, 0.2) is 0 Å². The molecule has 2 rings (SSSR count). The highest BCUT2D eigenvalue weighted by atomic mass is 16.5. The Morgan fingerprint density at radius 3 is 2.61 bits per heavy atom. The highest BCUT2D eigenvalue weighted by Crippen LogP contribution is 2.20. The molecular formula is C18H19NO4. The molecule has 0 aromatic heterocycles. The van der Waals surface area contributed by atoms with Gasteiger partial charge in [-0.3, -0.25) is 9.59 Å². The summed E-state index contributed by atoms with van der Waals surface area (Å²) in [4.78, 5) is 23.0. The van der Waals surface area contributed by atoms with Crippen LogP contribution in [0.15, 0.2) is 48.5 Å². The van der Waals surface area contributed by atoms with Crippen molar-refractivity contribution in [3.63, 3.8) is 0 Å². The Labute approximate surface area is 135 Å². The third kappa shape index (κ3) is 5.14. The van der Waals surface area contributed by atoms with Gasteiger partial charge in [0.05, 0.1) is 7.11 Å². The third-order valence-electron chi connectivity index (χ3n) is 3.19. The van der Waals surface area contributed by atoms with Gasteiger partial charge in [-0.25, -0.2) is 0 Å². The Kier molecular flexibility index (Phi) is 5.74. The number of methoxy groups -OCH3 is 1. The Morgan fingerprint density at radius 1 is 1.09 bits per heavy atom. The summed E-state index contributed by atoms with van der Waals surface area (Å²) < 4.78 is 10.3. The molecule has 0 heterocycles. The summed E-state index contributed by atoms with van der Waals surface area (Å²) in [5.41, 5.74) is 1.58. The Hall–Kier alpha value is -2.82. The summed E-state index contributed by atoms with van der Waals surface area (Å²) in [5, 5.41) is 2.79. The van der Waals surface area contributed by atoms with Gasteiger partial charge in [0.25, 0.3) is 0 Å². The molecule has 0 aliphatic rings. The fourth-order valence-corrected chi connectivity index (χ4v) is 2.18. The zero-order chi connectivity index (χ0) is 16.7. The van der Waals surface area contributed by atoms with Crippen molar-refractivity contribution in [1.82, 2.24) is 0 Å². The normalized spacial score (nSPS) is 10.0. The van der Waals surface area contributed by atoms with Crippen LogP contribution in [0.1, 0.15) is 18.9 Å². The molecule has 0 saturated heterocycles. The van der Waals surface area contributed by atoms with Crippen molar-refractivity contribution in [2.45, 2.75) is 19.8 Å². The van der Waals surface area contributed by atoms with Crippen LogP contribution < -0.4 is 14.8 Å². The maximum atomic E-state index is 12.1. The molecule has 2 aromatic rings. The van der Waals surface area contributed by atoms with E-state index in [4.69, 9.17) is 9.47 Å². The number of hydrogen-bond acceptors (Lipinski definition) is 4. The number of carbonyl (C=O) groups is 2. The minimum absolute atomic E-state index is 0.115. The Balaban J connectivity index is 1.93. The number of benzene rings is 2. The molecule has 1 N–H and O–H groups in total. The maximum Gasteiger partial charge on any atom is 0.308 e. The second kappa shape index (κ2) is 7.98. The summed E-state index contributed by atoms with van der Waals surface area (Å²) in [7, 11) is 1.61. The molecule has 0 unspecified atom stereocenters. The van der Waals surface area contributed by atoms with Gasteiger partial charge in [-0.2, -0.15) is 0 Å². The van der Waals surface area contributed by atoms with Crippen molar-refractivity contribution in [3.05, 3.63) is 54.1 Å². The molecule has 2 aromatic carbocycles. The Morgan fingerprint density at radius 2 is 1.87 bits per heavy atom. The highest BCUT2D eigenvalue weighted by Gasteiger charge is 2.07. The van der Waals surface area contributed by atoms with Gasteiger partial charge in [-0.15, -0.1) is 0 Å². The van der Waals surface area contributed by atoms with Crippen LogP contribution in [-0.4, -0.2) is 19.0 Å². The number of nitrogens with one attached hydrogen (secondary N) is 1. The molecule has 0 spiro atoms. The lowest BCUT2D eigenvalue weighted by Crippen LogP contribution is -2.12. The molecule has 5 heteroatoms. The smallest absolute Gasteiger partial charge is 0.308 e. The second-order valence-electron chi connectivity index (χ2n) is 4.98. The monoisotopic (exact) mass is 313 g/mol. The van der Waals surface area contributed by atoms with Crippen LogP contribution in [0.5, 0.6) is 11.5 Å². The SMILES string of the molecule is COc1ccccc1CCC(=O)Nc1cccc(OC(C)=O)c1. The zero-order valence-corrected chi connectivity index (χ0v) is 13.2. The molecule has 120 valence electrons. The third-order valence-corrected chi connectivity index (χ3v) is 3.19. The number of carbonyl (C=O) groups excluding carboxylic acids is 2. The number of para-hydroxylation sites is 1. The molecule has 23 heavy (non-hydrogen) atoms. The fourth-order valence-electron chi connectivity index (χ4n) is 2.18. The number of hydrogen-bond donors (Lipinski definition) is 1. The molecule has 0 aliphatic heterocycles. The first kappa shape index (κ1) is 16.5. The molecule has 5 nitrogen and oxygen atoms in total. The van der Waals surface area contributed by atoms with Gasteiger partial charge in [0.1, 0.15) is 11.5 Å². The molecule has 0 radical (unpaired) electrons. The van der Waals surface area contributed by atoms with Gasteiger partial charge in [0.2, 0.25) is 5.91 Å².